The molecule has 0 saturated heterocycles. The van der Waals surface area contributed by atoms with Gasteiger partial charge in [0.15, 0.2) is 0 Å². The summed E-state index contributed by atoms with van der Waals surface area (Å²) >= 11 is 0. The van der Waals surface area contributed by atoms with Gasteiger partial charge in [0.1, 0.15) is 11.8 Å². The van der Waals surface area contributed by atoms with Crippen molar-refractivity contribution in [2.75, 3.05) is 25.1 Å². The van der Waals surface area contributed by atoms with Crippen molar-refractivity contribution in [1.29, 1.82) is 10.7 Å². The van der Waals surface area contributed by atoms with E-state index in [9.17, 15) is 33.1 Å². The van der Waals surface area contributed by atoms with Gasteiger partial charge in [0.2, 0.25) is 5.96 Å². The third-order valence-corrected chi connectivity index (χ3v) is 7.36. The fraction of sp³-hybridized carbons (Fsp3) is 0.267. The lowest BCUT2D eigenvalue weighted by Gasteiger charge is -2.43. The molecule has 4 rings (SSSR count). The third kappa shape index (κ3) is 6.04. The van der Waals surface area contributed by atoms with Crippen LogP contribution in [0.2, 0.25) is 0 Å². The summed E-state index contributed by atoms with van der Waals surface area (Å²) in [4.78, 5) is 30.0. The Kier molecular flexibility index (Phi) is 8.52. The number of rotatable bonds is 6. The number of carbonyl (C=O) groups excluding carboxylic acids is 2. The molecule has 4 N–H and O–H groups in total. The Bertz CT molecular complexity index is 1620. The summed E-state index contributed by atoms with van der Waals surface area (Å²) in [5, 5.41) is 28.6. The molecule has 2 aliphatic heterocycles. The summed E-state index contributed by atoms with van der Waals surface area (Å²) in [5.41, 5.74) is 6.68. The molecule has 43 heavy (non-hydrogen) atoms. The molecular weight excluding hydrogens is 565 g/mol. The van der Waals surface area contributed by atoms with Crippen LogP contribution in [0, 0.1) is 16.7 Å². The molecule has 0 aromatic heterocycles. The van der Waals surface area contributed by atoms with E-state index >= 15 is 0 Å². The molecule has 2 heterocycles. The number of carbonyl (C=O) groups is 2. The van der Waals surface area contributed by atoms with E-state index in [4.69, 9.17) is 15.9 Å². The number of alkyl halides is 3. The molecule has 2 aromatic rings. The third-order valence-electron chi connectivity index (χ3n) is 7.36. The van der Waals surface area contributed by atoms with E-state index in [0.29, 0.717) is 29.7 Å². The number of guanidine groups is 1. The molecule has 2 aliphatic rings. The van der Waals surface area contributed by atoms with Crippen molar-refractivity contribution >= 4 is 23.6 Å². The van der Waals surface area contributed by atoms with Gasteiger partial charge in [-0.25, -0.2) is 9.59 Å². The Morgan fingerprint density at radius 1 is 1.19 bits per heavy atom. The number of anilines is 1. The summed E-state index contributed by atoms with van der Waals surface area (Å²) in [6.07, 6.45) is -1.04. The van der Waals surface area contributed by atoms with Crippen LogP contribution in [0.15, 0.2) is 77.3 Å². The molecule has 0 spiro atoms. The summed E-state index contributed by atoms with van der Waals surface area (Å²) in [6.45, 7) is 3.95. The van der Waals surface area contributed by atoms with Gasteiger partial charge in [-0.2, -0.15) is 18.4 Å². The van der Waals surface area contributed by atoms with E-state index in [1.54, 1.807) is 24.3 Å². The van der Waals surface area contributed by atoms with E-state index in [0.717, 1.165) is 40.8 Å². The monoisotopic (exact) mass is 594 g/mol. The van der Waals surface area contributed by atoms with Crippen LogP contribution in [0.5, 0.6) is 0 Å². The van der Waals surface area contributed by atoms with E-state index in [-0.39, 0.29) is 29.3 Å². The van der Waals surface area contributed by atoms with Gasteiger partial charge in [0, 0.05) is 23.6 Å². The number of allylic oxidation sites excluding steroid dienone is 4. The van der Waals surface area contributed by atoms with Crippen LogP contribution in [0.3, 0.4) is 0 Å². The van der Waals surface area contributed by atoms with Crippen LogP contribution < -0.4 is 10.6 Å². The predicted octanol–water partition coefficient (Wildman–Crippen LogP) is 5.10. The lowest BCUT2D eigenvalue weighted by molar-refractivity contribution is -0.138. The minimum atomic E-state index is -4.69. The second-order valence-corrected chi connectivity index (χ2v) is 9.97. The Balaban J connectivity index is 1.90. The van der Waals surface area contributed by atoms with Gasteiger partial charge in [-0.15, -0.1) is 0 Å². The summed E-state index contributed by atoms with van der Waals surface area (Å²) in [7, 11) is 1.12. The highest BCUT2D eigenvalue weighted by Crippen LogP contribution is 2.42. The average Bonchev–Trinajstić information content (AvgIpc) is 2.96. The highest BCUT2D eigenvalue weighted by molar-refractivity contribution is 6.10. The summed E-state index contributed by atoms with van der Waals surface area (Å²) in [6, 6.07) is 8.41. The maximum absolute atomic E-state index is 13.5. The lowest BCUT2D eigenvalue weighted by atomic mass is 9.87. The van der Waals surface area contributed by atoms with Crippen LogP contribution in [-0.2, 0) is 22.1 Å². The fourth-order valence-electron chi connectivity index (χ4n) is 5.23. The number of hydrogen-bond donors (Lipinski definition) is 3. The number of benzene rings is 2. The first kappa shape index (κ1) is 30.7. The molecule has 0 radical (unpaired) electrons. The number of aliphatic hydroxyl groups excluding tert-OH is 1. The van der Waals surface area contributed by atoms with Crippen molar-refractivity contribution in [3.05, 3.63) is 99.6 Å². The quantitative estimate of drug-likeness (QED) is 0.394. The van der Waals surface area contributed by atoms with Crippen LogP contribution in [-0.4, -0.2) is 53.1 Å². The van der Waals surface area contributed by atoms with Crippen molar-refractivity contribution in [2.45, 2.75) is 32.5 Å². The fourth-order valence-corrected chi connectivity index (χ4v) is 5.23. The number of nitrogens with one attached hydrogen (secondary N) is 1. The van der Waals surface area contributed by atoms with Gasteiger partial charge in [0.05, 0.1) is 36.4 Å². The summed E-state index contributed by atoms with van der Waals surface area (Å²) in [5.74, 6) is -1.31. The van der Waals surface area contributed by atoms with Gasteiger partial charge < -0.3 is 20.5 Å². The van der Waals surface area contributed by atoms with E-state index < -0.39 is 35.7 Å². The number of nitrogens with zero attached hydrogens (tertiary/aromatic N) is 4. The number of hydrogen-bond acceptors (Lipinski definition) is 7. The first-order valence-electron chi connectivity index (χ1n) is 13.1. The normalized spacial score (nSPS) is 17.4. The molecule has 0 bridgehead atoms. The SMILES string of the molecule is COC(=O)C1=C(C)N(c2cccc(C(F)(F)F)c2)C(=N)N(C(N)=O)[C@@H]1c1ccc(C#N)cc1CCN1CC(O)=CC=C1C. The number of esters is 1. The molecule has 0 unspecified atom stereocenters. The minimum absolute atomic E-state index is 0.0545. The zero-order valence-corrected chi connectivity index (χ0v) is 23.6. The number of ether oxygens (including phenoxy) is 1. The number of nitriles is 1. The number of aliphatic hydroxyl groups is 1. The van der Waals surface area contributed by atoms with Gasteiger partial charge in [-0.05, 0) is 73.9 Å². The zero-order chi connectivity index (χ0) is 31.6. The molecule has 10 nitrogen and oxygen atoms in total. The van der Waals surface area contributed by atoms with Gasteiger partial charge >= 0.3 is 18.2 Å². The first-order chi connectivity index (χ1) is 20.3. The Morgan fingerprint density at radius 3 is 2.53 bits per heavy atom. The average molecular weight is 595 g/mol. The van der Waals surface area contributed by atoms with E-state index in [1.165, 1.54) is 19.1 Å². The number of nitrogens with two attached hydrogens (primary N) is 1. The molecule has 0 saturated carbocycles. The smallest absolute Gasteiger partial charge is 0.416 e. The van der Waals surface area contributed by atoms with Gasteiger partial charge in [0.25, 0.3) is 0 Å². The maximum atomic E-state index is 13.5. The van der Waals surface area contributed by atoms with Crippen LogP contribution in [0.4, 0.5) is 23.7 Å². The topological polar surface area (TPSA) is 147 Å². The largest absolute Gasteiger partial charge is 0.510 e. The molecule has 1 atom stereocenters. The van der Waals surface area contributed by atoms with E-state index in [1.807, 2.05) is 11.8 Å². The van der Waals surface area contributed by atoms with Crippen molar-refractivity contribution in [3.8, 4) is 6.07 Å². The Labute approximate surface area is 245 Å². The number of halogens is 3. The minimum Gasteiger partial charge on any atom is -0.510 e. The Hall–Kier alpha value is -5.25. The second-order valence-electron chi connectivity index (χ2n) is 9.97. The van der Waals surface area contributed by atoms with Crippen molar-refractivity contribution in [3.63, 3.8) is 0 Å². The molecule has 224 valence electrons. The molecule has 13 heteroatoms. The lowest BCUT2D eigenvalue weighted by Crippen LogP contribution is -2.55. The summed E-state index contributed by atoms with van der Waals surface area (Å²) < 4.78 is 45.7. The first-order valence-corrected chi connectivity index (χ1v) is 13.1. The number of amides is 2. The van der Waals surface area contributed by atoms with Crippen molar-refractivity contribution in [1.82, 2.24) is 9.80 Å². The molecule has 2 amide bonds. The molecular formula is C30H29F3N6O4. The molecule has 0 aliphatic carbocycles. The zero-order valence-electron chi connectivity index (χ0n) is 23.6. The van der Waals surface area contributed by atoms with Crippen LogP contribution in [0.25, 0.3) is 0 Å². The number of primary amides is 1. The predicted molar refractivity (Wildman–Crippen MR) is 151 cm³/mol. The highest BCUT2D eigenvalue weighted by Gasteiger charge is 2.44. The van der Waals surface area contributed by atoms with Crippen LogP contribution >= 0.6 is 0 Å². The van der Waals surface area contributed by atoms with Crippen molar-refractivity contribution in [2.24, 2.45) is 5.73 Å². The maximum Gasteiger partial charge on any atom is 0.416 e. The van der Waals surface area contributed by atoms with E-state index in [2.05, 4.69) is 6.07 Å². The van der Waals surface area contributed by atoms with Gasteiger partial charge in [-0.3, -0.25) is 15.2 Å². The van der Waals surface area contributed by atoms with Crippen molar-refractivity contribution < 1.29 is 32.6 Å². The standard InChI is InChI=1S/C30H29F3N6O4/c1-17-7-9-23(40)16-37(17)12-11-20-13-19(15-34)8-10-24(20)26-25(27(41)43-3)18(2)38(28(35)39(26)29(36)42)22-6-4-5-21(14-22)30(31,32)33/h4-10,13-14,26,35,40H,11-12,16H2,1-3H3,(H2,36,42)/t26-/m1/s1. The Morgan fingerprint density at radius 2 is 1.91 bits per heavy atom. The second kappa shape index (κ2) is 11.9. The molecule has 2 aromatic carbocycles. The van der Waals surface area contributed by atoms with Gasteiger partial charge in [-0.1, -0.05) is 12.1 Å². The number of urea groups is 1. The highest BCUT2D eigenvalue weighted by atomic mass is 19.4. The van der Waals surface area contributed by atoms with Crippen LogP contribution in [0.1, 0.15) is 42.1 Å². The number of methoxy groups -OCH3 is 1. The molecule has 0 fully saturated rings.